The van der Waals surface area contributed by atoms with E-state index in [9.17, 15) is 9.90 Å². The molecule has 0 radical (unpaired) electrons. The number of nitrogens with zero attached hydrogens (tertiary/aromatic N) is 4. The molecule has 0 fully saturated rings. The molecule has 0 aliphatic rings. The van der Waals surface area contributed by atoms with E-state index in [0.717, 1.165) is 5.56 Å². The molecule has 8 nitrogen and oxygen atoms in total. The van der Waals surface area contributed by atoms with Gasteiger partial charge in [-0.1, -0.05) is 30.3 Å². The molecule has 8 heteroatoms. The van der Waals surface area contributed by atoms with Gasteiger partial charge in [-0.2, -0.15) is 10.2 Å². The summed E-state index contributed by atoms with van der Waals surface area (Å²) in [6, 6.07) is 16.0. The number of aryl methyl sites for hydroxylation is 1. The van der Waals surface area contributed by atoms with Gasteiger partial charge >= 0.3 is 0 Å². The van der Waals surface area contributed by atoms with Gasteiger partial charge in [-0.05, 0) is 36.8 Å². The summed E-state index contributed by atoms with van der Waals surface area (Å²) in [5.41, 5.74) is 3.00. The average Bonchev–Trinajstić information content (AvgIpc) is 3.13. The highest BCUT2D eigenvalue weighted by Gasteiger charge is 2.22. The van der Waals surface area contributed by atoms with Crippen molar-refractivity contribution in [2.24, 2.45) is 0 Å². The van der Waals surface area contributed by atoms with Crippen molar-refractivity contribution in [1.82, 2.24) is 24.9 Å². The molecule has 0 bridgehead atoms. The van der Waals surface area contributed by atoms with Crippen molar-refractivity contribution in [2.45, 2.75) is 19.6 Å². The third-order valence-electron chi connectivity index (χ3n) is 4.70. The zero-order chi connectivity index (χ0) is 20.9. The Morgan fingerprint density at radius 2 is 2.00 bits per heavy atom. The monoisotopic (exact) mass is 403 g/mol. The van der Waals surface area contributed by atoms with E-state index >= 15 is 0 Å². The number of imidazole rings is 1. The molecule has 4 rings (SSSR count). The summed E-state index contributed by atoms with van der Waals surface area (Å²) in [5, 5.41) is 20.5. The van der Waals surface area contributed by atoms with Crippen molar-refractivity contribution < 1.29 is 14.6 Å². The van der Waals surface area contributed by atoms with Crippen LogP contribution in [-0.2, 0) is 6.61 Å². The Morgan fingerprint density at radius 3 is 2.73 bits per heavy atom. The number of hydrogen-bond acceptors (Lipinski definition) is 6. The third-order valence-corrected chi connectivity index (χ3v) is 4.70. The minimum absolute atomic E-state index is 0.210. The second-order valence-electron chi connectivity index (χ2n) is 6.73. The summed E-state index contributed by atoms with van der Waals surface area (Å²) in [6.45, 7) is 1.80. The van der Waals surface area contributed by atoms with Crippen LogP contribution in [0, 0.1) is 6.92 Å². The minimum atomic E-state index is -0.514. The molecule has 152 valence electrons. The zero-order valence-corrected chi connectivity index (χ0v) is 16.4. The second kappa shape index (κ2) is 8.71. The van der Waals surface area contributed by atoms with Gasteiger partial charge in [0.25, 0.3) is 5.91 Å². The highest BCUT2D eigenvalue weighted by Crippen LogP contribution is 2.23. The van der Waals surface area contributed by atoms with E-state index in [1.165, 1.54) is 0 Å². The lowest BCUT2D eigenvalue weighted by Gasteiger charge is -2.17. The van der Waals surface area contributed by atoms with Gasteiger partial charge in [0.1, 0.15) is 18.0 Å². The van der Waals surface area contributed by atoms with Crippen LogP contribution in [0.3, 0.4) is 0 Å². The summed E-state index contributed by atoms with van der Waals surface area (Å²) in [4.78, 5) is 17.6. The number of nitrogens with one attached hydrogen (secondary N) is 1. The molecule has 0 aliphatic carbocycles. The van der Waals surface area contributed by atoms with Crippen molar-refractivity contribution in [1.29, 1.82) is 0 Å². The zero-order valence-electron chi connectivity index (χ0n) is 16.4. The Bertz CT molecular complexity index is 1150. The molecule has 3 aromatic heterocycles. The molecule has 30 heavy (non-hydrogen) atoms. The van der Waals surface area contributed by atoms with Crippen LogP contribution in [0.4, 0.5) is 0 Å². The Balaban J connectivity index is 1.60. The molecule has 1 aromatic carbocycles. The predicted octanol–water partition coefficient (Wildman–Crippen LogP) is 2.48. The quantitative estimate of drug-likeness (QED) is 0.492. The highest BCUT2D eigenvalue weighted by molar-refractivity contribution is 5.95. The number of amides is 1. The summed E-state index contributed by atoms with van der Waals surface area (Å²) >= 11 is 0. The Kier molecular flexibility index (Phi) is 5.67. The lowest BCUT2D eigenvalue weighted by atomic mass is 10.1. The number of pyridine rings is 1. The fraction of sp³-hybridized carbons (Fsp3) is 0.182. The smallest absolute Gasteiger partial charge is 0.270 e. The number of fused-ring (bicyclic) bond motifs is 1. The van der Waals surface area contributed by atoms with E-state index in [2.05, 4.69) is 20.5 Å². The molecule has 1 amide bonds. The van der Waals surface area contributed by atoms with Gasteiger partial charge in [0.2, 0.25) is 0 Å². The molecule has 0 saturated carbocycles. The number of rotatable bonds is 7. The Hall–Kier alpha value is -3.78. The number of benzene rings is 1. The van der Waals surface area contributed by atoms with E-state index < -0.39 is 6.04 Å². The summed E-state index contributed by atoms with van der Waals surface area (Å²) < 4.78 is 7.56. The van der Waals surface area contributed by atoms with Crippen molar-refractivity contribution in [2.75, 3.05) is 6.61 Å². The first-order valence-electron chi connectivity index (χ1n) is 9.51. The molecule has 3 heterocycles. The van der Waals surface area contributed by atoms with Crippen LogP contribution in [0.5, 0.6) is 5.75 Å². The molecule has 0 spiro atoms. The van der Waals surface area contributed by atoms with Crippen LogP contribution in [-0.4, -0.2) is 37.2 Å². The van der Waals surface area contributed by atoms with Crippen molar-refractivity contribution in [3.63, 3.8) is 0 Å². The lowest BCUT2D eigenvalue weighted by molar-refractivity contribution is 0.0909. The van der Waals surface area contributed by atoms with Crippen LogP contribution >= 0.6 is 0 Å². The van der Waals surface area contributed by atoms with Crippen molar-refractivity contribution in [3.05, 3.63) is 89.6 Å². The van der Waals surface area contributed by atoms with Crippen LogP contribution in [0.1, 0.15) is 33.5 Å². The first-order chi connectivity index (χ1) is 14.7. The average molecular weight is 403 g/mol. The van der Waals surface area contributed by atoms with Crippen molar-refractivity contribution >= 4 is 11.6 Å². The van der Waals surface area contributed by atoms with E-state index in [4.69, 9.17) is 4.74 Å². The molecule has 1 atom stereocenters. The highest BCUT2D eigenvalue weighted by atomic mass is 16.5. The van der Waals surface area contributed by atoms with Crippen LogP contribution in [0.2, 0.25) is 0 Å². The van der Waals surface area contributed by atoms with Gasteiger partial charge < -0.3 is 15.2 Å². The second-order valence-corrected chi connectivity index (χ2v) is 6.73. The van der Waals surface area contributed by atoms with E-state index in [1.807, 2.05) is 36.4 Å². The van der Waals surface area contributed by atoms with Gasteiger partial charge in [-0.25, -0.2) is 4.98 Å². The van der Waals surface area contributed by atoms with Gasteiger partial charge in [0.05, 0.1) is 18.3 Å². The van der Waals surface area contributed by atoms with E-state index in [1.54, 1.807) is 41.9 Å². The van der Waals surface area contributed by atoms with Gasteiger partial charge in [0.15, 0.2) is 11.4 Å². The maximum absolute atomic E-state index is 13.0. The maximum Gasteiger partial charge on any atom is 0.270 e. The fourth-order valence-corrected chi connectivity index (χ4v) is 3.25. The Labute approximate surface area is 173 Å². The maximum atomic E-state index is 13.0. The number of hydrogen-bond donors (Lipinski definition) is 2. The van der Waals surface area contributed by atoms with Gasteiger partial charge in [-0.15, -0.1) is 0 Å². The fourth-order valence-electron chi connectivity index (χ4n) is 3.25. The number of carbonyl (C=O) groups is 1. The number of aliphatic hydroxyl groups excluding tert-OH is 1. The molecule has 2 N–H and O–H groups in total. The lowest BCUT2D eigenvalue weighted by Crippen LogP contribution is -2.32. The number of aromatic nitrogens is 4. The van der Waals surface area contributed by atoms with Crippen molar-refractivity contribution in [3.8, 4) is 5.75 Å². The molecular weight excluding hydrogens is 382 g/mol. The topological polar surface area (TPSA) is 102 Å². The number of carbonyl (C=O) groups excluding carboxylic acids is 1. The summed E-state index contributed by atoms with van der Waals surface area (Å²) in [6.07, 6.45) is 3.36. The molecule has 0 saturated heterocycles. The molecule has 0 unspecified atom stereocenters. The summed E-state index contributed by atoms with van der Waals surface area (Å²) in [7, 11) is 0. The SMILES string of the molecule is Cc1nc2c(OCc3cccnn3)cccn2c1C(=O)N[C@@H](CO)c1ccccc1. The standard InChI is InChI=1S/C22H21N5O3/c1-15-20(22(29)25-18(13-28)16-7-3-2-4-8-16)27-12-6-10-19(21(27)24-15)30-14-17-9-5-11-23-26-17/h2-12,18,28H,13-14H2,1H3,(H,25,29)/t18-/m0/s1. The molecule has 4 aromatic rings. The largest absolute Gasteiger partial charge is 0.483 e. The third kappa shape index (κ3) is 3.99. The van der Waals surface area contributed by atoms with E-state index in [-0.39, 0.29) is 19.1 Å². The Morgan fingerprint density at radius 1 is 1.17 bits per heavy atom. The molecule has 0 aliphatic heterocycles. The summed E-state index contributed by atoms with van der Waals surface area (Å²) in [5.74, 6) is 0.209. The first-order valence-corrected chi connectivity index (χ1v) is 9.51. The first kappa shape index (κ1) is 19.5. The van der Waals surface area contributed by atoms with Crippen LogP contribution in [0.25, 0.3) is 5.65 Å². The van der Waals surface area contributed by atoms with Gasteiger partial charge in [-0.3, -0.25) is 9.20 Å². The minimum Gasteiger partial charge on any atom is -0.483 e. The van der Waals surface area contributed by atoms with E-state index in [0.29, 0.717) is 28.5 Å². The van der Waals surface area contributed by atoms with Crippen LogP contribution < -0.4 is 10.1 Å². The molecular formula is C22H21N5O3. The predicted molar refractivity (Wildman–Crippen MR) is 110 cm³/mol. The number of aliphatic hydroxyl groups is 1. The van der Waals surface area contributed by atoms with Gasteiger partial charge in [0, 0.05) is 12.4 Å². The van der Waals surface area contributed by atoms with Crippen LogP contribution in [0.15, 0.2) is 67.0 Å². The number of ether oxygens (including phenoxy) is 1. The normalized spacial score (nSPS) is 11.9.